The number of anilines is 1. The van der Waals surface area contributed by atoms with E-state index < -0.39 is 10.0 Å². The molecule has 0 saturated carbocycles. The molecule has 103 valence electrons. The van der Waals surface area contributed by atoms with Gasteiger partial charge >= 0.3 is 0 Å². The van der Waals surface area contributed by atoms with Gasteiger partial charge in [-0.05, 0) is 36.5 Å². The van der Waals surface area contributed by atoms with E-state index in [1.807, 2.05) is 0 Å². The molecule has 0 fully saturated rings. The fraction of sp³-hybridized carbons (Fsp3) is 0.357. The lowest BCUT2D eigenvalue weighted by Crippen LogP contribution is -2.11. The molecule has 0 aromatic heterocycles. The molecule has 0 heterocycles. The van der Waals surface area contributed by atoms with Crippen molar-refractivity contribution in [3.63, 3.8) is 0 Å². The molecular weight excluding hydrogens is 282 g/mol. The van der Waals surface area contributed by atoms with Crippen LogP contribution >= 0.6 is 11.6 Å². The van der Waals surface area contributed by atoms with Crippen LogP contribution < -0.4 is 4.72 Å². The van der Waals surface area contributed by atoms with Gasteiger partial charge in [0.05, 0.1) is 11.9 Å². The zero-order chi connectivity index (χ0) is 14.6. The molecular formula is C14H17ClNO2S. The number of rotatable bonds is 5. The average molecular weight is 299 g/mol. The zero-order valence-electron chi connectivity index (χ0n) is 11.2. The third-order valence-electron chi connectivity index (χ3n) is 2.53. The molecule has 3 nitrogen and oxygen atoms in total. The fourth-order valence-electron chi connectivity index (χ4n) is 1.60. The first-order valence-electron chi connectivity index (χ1n) is 5.79. The monoisotopic (exact) mass is 298 g/mol. The lowest BCUT2D eigenvalue weighted by molar-refractivity contribution is 0.607. The number of terminal acetylenes is 1. The van der Waals surface area contributed by atoms with Gasteiger partial charge in [-0.3, -0.25) is 4.72 Å². The highest BCUT2D eigenvalue weighted by Crippen LogP contribution is 2.27. The summed E-state index contributed by atoms with van der Waals surface area (Å²) in [6.45, 7) is 4.10. The van der Waals surface area contributed by atoms with E-state index in [2.05, 4.69) is 24.5 Å². The second-order valence-electron chi connectivity index (χ2n) is 4.71. The first-order valence-corrected chi connectivity index (χ1v) is 8.05. The highest BCUT2D eigenvalue weighted by atomic mass is 35.5. The quantitative estimate of drug-likeness (QED) is 0.848. The van der Waals surface area contributed by atoms with Crippen molar-refractivity contribution in [1.29, 1.82) is 0 Å². The molecule has 0 bridgehead atoms. The van der Waals surface area contributed by atoms with Gasteiger partial charge in [0.1, 0.15) is 0 Å². The van der Waals surface area contributed by atoms with Gasteiger partial charge in [-0.25, -0.2) is 8.42 Å². The Morgan fingerprint density at radius 3 is 2.53 bits per heavy atom. The number of aryl methyl sites for hydroxylation is 1. The molecule has 19 heavy (non-hydrogen) atoms. The zero-order valence-corrected chi connectivity index (χ0v) is 12.8. The molecule has 1 aromatic carbocycles. The summed E-state index contributed by atoms with van der Waals surface area (Å²) in [6.07, 6.45) is 8.19. The van der Waals surface area contributed by atoms with Gasteiger partial charge in [0.2, 0.25) is 10.0 Å². The van der Waals surface area contributed by atoms with Crippen molar-refractivity contribution in [2.24, 2.45) is 0 Å². The first kappa shape index (κ1) is 15.9. The second-order valence-corrected chi connectivity index (χ2v) is 6.87. The summed E-state index contributed by atoms with van der Waals surface area (Å²) >= 11 is 6.16. The standard InChI is InChI=1S/C14H17ClNO2S/c1-5-11-8-12(7-6-10(2)3)13(15)9-14(11)16-19(4,17)18/h1,8-9,16H,6-7H2,2-4H3. The van der Waals surface area contributed by atoms with Crippen molar-refractivity contribution in [1.82, 2.24) is 0 Å². The van der Waals surface area contributed by atoms with Gasteiger partial charge < -0.3 is 0 Å². The van der Waals surface area contributed by atoms with Gasteiger partial charge in [0.15, 0.2) is 0 Å². The van der Waals surface area contributed by atoms with Crippen LogP contribution in [-0.4, -0.2) is 14.7 Å². The fourth-order valence-corrected chi connectivity index (χ4v) is 2.42. The average Bonchev–Trinajstić information content (AvgIpc) is 2.25. The third-order valence-corrected chi connectivity index (χ3v) is 3.47. The molecule has 0 aliphatic heterocycles. The predicted molar refractivity (Wildman–Crippen MR) is 80.8 cm³/mol. The predicted octanol–water partition coefficient (Wildman–Crippen LogP) is 3.24. The van der Waals surface area contributed by atoms with Gasteiger partial charge in [0, 0.05) is 10.6 Å². The lowest BCUT2D eigenvalue weighted by Gasteiger charge is -2.12. The van der Waals surface area contributed by atoms with E-state index in [-0.39, 0.29) is 0 Å². The maximum absolute atomic E-state index is 11.3. The van der Waals surface area contributed by atoms with Gasteiger partial charge in [0.25, 0.3) is 0 Å². The van der Waals surface area contributed by atoms with E-state index in [1.165, 1.54) is 5.92 Å². The number of hydrogen-bond acceptors (Lipinski definition) is 2. The Balaban J connectivity index is 3.11. The summed E-state index contributed by atoms with van der Waals surface area (Å²) in [6, 6.07) is 3.33. The number of nitrogens with one attached hydrogen (secondary N) is 1. The van der Waals surface area contributed by atoms with Gasteiger partial charge in [-0.2, -0.15) is 0 Å². The maximum Gasteiger partial charge on any atom is 0.229 e. The molecule has 5 heteroatoms. The molecule has 1 N–H and O–H groups in total. The van der Waals surface area contributed by atoms with E-state index in [4.69, 9.17) is 18.0 Å². The Morgan fingerprint density at radius 2 is 2.05 bits per heavy atom. The first-order chi connectivity index (χ1) is 8.73. The molecule has 0 amide bonds. The SMILES string of the molecule is C#Cc1cc(CC[C](C)C)c(Cl)cc1NS(C)(=O)=O. The smallest absolute Gasteiger partial charge is 0.229 e. The number of halogens is 1. The number of benzene rings is 1. The summed E-state index contributed by atoms with van der Waals surface area (Å²) in [5.74, 6) is 3.78. The van der Waals surface area contributed by atoms with Crippen LogP contribution in [0.4, 0.5) is 5.69 Å². The topological polar surface area (TPSA) is 46.2 Å². The Bertz CT molecular complexity index is 601. The van der Waals surface area contributed by atoms with Crippen molar-refractivity contribution in [2.45, 2.75) is 26.7 Å². The van der Waals surface area contributed by atoms with Crippen molar-refractivity contribution in [3.8, 4) is 12.3 Å². The van der Waals surface area contributed by atoms with Crippen molar-refractivity contribution >= 4 is 27.3 Å². The van der Waals surface area contributed by atoms with Crippen LogP contribution in [0, 0.1) is 18.3 Å². The molecule has 1 aromatic rings. The van der Waals surface area contributed by atoms with Crippen LogP contribution in [0.15, 0.2) is 12.1 Å². The van der Waals surface area contributed by atoms with Crippen LogP contribution in [0.2, 0.25) is 5.02 Å². The van der Waals surface area contributed by atoms with Crippen LogP contribution in [-0.2, 0) is 16.4 Å². The summed E-state index contributed by atoms with van der Waals surface area (Å²) < 4.78 is 24.9. The Hall–Kier alpha value is -1.18. The molecule has 1 radical (unpaired) electrons. The van der Waals surface area contributed by atoms with Gasteiger partial charge in [-0.15, -0.1) is 6.42 Å². The van der Waals surface area contributed by atoms with Crippen LogP contribution in [0.1, 0.15) is 31.4 Å². The van der Waals surface area contributed by atoms with E-state index in [0.717, 1.165) is 24.7 Å². The van der Waals surface area contributed by atoms with Gasteiger partial charge in [-0.1, -0.05) is 31.4 Å². The van der Waals surface area contributed by atoms with E-state index in [9.17, 15) is 8.42 Å². The van der Waals surface area contributed by atoms with Crippen molar-refractivity contribution in [3.05, 3.63) is 34.2 Å². The minimum absolute atomic E-state index is 0.343. The van der Waals surface area contributed by atoms with E-state index >= 15 is 0 Å². The van der Waals surface area contributed by atoms with E-state index in [0.29, 0.717) is 16.3 Å². The Labute approximate surface area is 120 Å². The second kappa shape index (κ2) is 6.31. The third kappa shape index (κ3) is 5.14. The lowest BCUT2D eigenvalue weighted by atomic mass is 10.0. The molecule has 0 spiro atoms. The highest BCUT2D eigenvalue weighted by Gasteiger charge is 2.11. The Kier molecular flexibility index (Phi) is 5.28. The summed E-state index contributed by atoms with van der Waals surface area (Å²) in [4.78, 5) is 0. The number of hydrogen-bond donors (Lipinski definition) is 1. The molecule has 0 aliphatic rings. The molecule has 1 rings (SSSR count). The van der Waals surface area contributed by atoms with E-state index in [1.54, 1.807) is 12.1 Å². The normalized spacial score (nSPS) is 11.4. The maximum atomic E-state index is 11.3. The molecule has 0 saturated heterocycles. The highest BCUT2D eigenvalue weighted by molar-refractivity contribution is 7.92. The van der Waals surface area contributed by atoms with Crippen molar-refractivity contribution in [2.75, 3.05) is 11.0 Å². The Morgan fingerprint density at radius 1 is 1.42 bits per heavy atom. The summed E-state index contributed by atoms with van der Waals surface area (Å²) in [5.41, 5.74) is 1.77. The summed E-state index contributed by atoms with van der Waals surface area (Å²) in [5, 5.41) is 0.520. The molecule has 0 aliphatic carbocycles. The molecule has 0 atom stereocenters. The molecule has 0 unspecified atom stereocenters. The summed E-state index contributed by atoms with van der Waals surface area (Å²) in [7, 11) is -3.37. The van der Waals surface area contributed by atoms with Crippen LogP contribution in [0.5, 0.6) is 0 Å². The minimum atomic E-state index is -3.37. The van der Waals surface area contributed by atoms with Crippen molar-refractivity contribution < 1.29 is 8.42 Å². The van der Waals surface area contributed by atoms with Crippen LogP contribution in [0.3, 0.4) is 0 Å². The number of sulfonamides is 1. The minimum Gasteiger partial charge on any atom is -0.282 e. The van der Waals surface area contributed by atoms with Crippen LogP contribution in [0.25, 0.3) is 0 Å². The largest absolute Gasteiger partial charge is 0.282 e.